The Morgan fingerprint density at radius 1 is 1.43 bits per heavy atom. The summed E-state index contributed by atoms with van der Waals surface area (Å²) in [5.41, 5.74) is 0. The van der Waals surface area contributed by atoms with E-state index in [-0.39, 0.29) is 6.04 Å². The molecule has 7 heavy (non-hydrogen) atoms. The molecular formula is C4H9F2Si. The van der Waals surface area contributed by atoms with Gasteiger partial charge in [-0.25, -0.2) is 0 Å². The van der Waals surface area contributed by atoms with E-state index in [1.807, 2.05) is 6.92 Å². The van der Waals surface area contributed by atoms with E-state index in [9.17, 15) is 8.22 Å². The van der Waals surface area contributed by atoms with Crippen LogP contribution < -0.4 is 0 Å². The van der Waals surface area contributed by atoms with Gasteiger partial charge in [-0.1, -0.05) is 19.8 Å². The van der Waals surface area contributed by atoms with Gasteiger partial charge in [-0.3, -0.25) is 8.22 Å². The first-order valence-electron chi connectivity index (χ1n) is 2.44. The van der Waals surface area contributed by atoms with Gasteiger partial charge in [0, 0.05) is 6.04 Å². The predicted molar refractivity (Wildman–Crippen MR) is 27.7 cm³/mol. The maximum atomic E-state index is 11.3. The SMILES string of the molecule is CCCC[Si](F)F. The highest BCUT2D eigenvalue weighted by Gasteiger charge is 2.06. The Hall–Kier alpha value is 0.0769. The van der Waals surface area contributed by atoms with Crippen molar-refractivity contribution in [2.45, 2.75) is 25.8 Å². The maximum absolute atomic E-state index is 11.3. The van der Waals surface area contributed by atoms with Gasteiger partial charge in [0.25, 0.3) is 0 Å². The second kappa shape index (κ2) is 4.24. The smallest absolute Gasteiger partial charge is 0.268 e. The third kappa shape index (κ3) is 6.08. The predicted octanol–water partition coefficient (Wildman–Crippen LogP) is 2.21. The first-order chi connectivity index (χ1) is 3.27. The molecule has 0 saturated heterocycles. The minimum atomic E-state index is -2.90. The van der Waals surface area contributed by atoms with Gasteiger partial charge >= 0.3 is 9.46 Å². The maximum Gasteiger partial charge on any atom is 0.476 e. The molecule has 0 aromatic heterocycles. The second-order valence-electron chi connectivity index (χ2n) is 1.44. The van der Waals surface area contributed by atoms with Gasteiger partial charge in [0.1, 0.15) is 0 Å². The summed E-state index contributed by atoms with van der Waals surface area (Å²) in [6.07, 6.45) is 1.59. The number of rotatable bonds is 3. The summed E-state index contributed by atoms with van der Waals surface area (Å²) in [5.74, 6) is 0. The van der Waals surface area contributed by atoms with E-state index in [1.165, 1.54) is 0 Å². The van der Waals surface area contributed by atoms with Gasteiger partial charge in [0.05, 0.1) is 0 Å². The van der Waals surface area contributed by atoms with Crippen molar-refractivity contribution in [2.75, 3.05) is 0 Å². The number of hydrogen-bond donors (Lipinski definition) is 0. The lowest BCUT2D eigenvalue weighted by Gasteiger charge is -1.87. The lowest BCUT2D eigenvalue weighted by atomic mass is 10.4. The van der Waals surface area contributed by atoms with E-state index < -0.39 is 9.46 Å². The summed E-state index contributed by atoms with van der Waals surface area (Å²) in [5, 5.41) is 0. The van der Waals surface area contributed by atoms with Crippen molar-refractivity contribution in [1.82, 2.24) is 0 Å². The summed E-state index contributed by atoms with van der Waals surface area (Å²) in [7, 11) is -2.90. The fourth-order valence-corrected chi connectivity index (χ4v) is 0.931. The van der Waals surface area contributed by atoms with Gasteiger partial charge in [0.2, 0.25) is 0 Å². The van der Waals surface area contributed by atoms with Crippen molar-refractivity contribution in [3.8, 4) is 0 Å². The van der Waals surface area contributed by atoms with E-state index >= 15 is 0 Å². The average molecular weight is 123 g/mol. The zero-order chi connectivity index (χ0) is 5.70. The fourth-order valence-electron chi connectivity index (χ4n) is 0.310. The molecule has 3 heteroatoms. The quantitative estimate of drug-likeness (QED) is 0.398. The lowest BCUT2D eigenvalue weighted by Crippen LogP contribution is -1.92. The van der Waals surface area contributed by atoms with Crippen LogP contribution in [0, 0.1) is 0 Å². The monoisotopic (exact) mass is 123 g/mol. The Morgan fingerprint density at radius 2 is 2.00 bits per heavy atom. The molecular weight excluding hydrogens is 114 g/mol. The van der Waals surface area contributed by atoms with Crippen LogP contribution in [-0.4, -0.2) is 9.46 Å². The molecule has 0 saturated carbocycles. The Labute approximate surface area is 44.5 Å². The van der Waals surface area contributed by atoms with E-state index in [1.54, 1.807) is 0 Å². The highest BCUT2D eigenvalue weighted by molar-refractivity contribution is 6.42. The summed E-state index contributed by atoms with van der Waals surface area (Å²) < 4.78 is 22.6. The highest BCUT2D eigenvalue weighted by atomic mass is 28.4. The Bertz CT molecular complexity index is 38.7. The molecule has 0 bridgehead atoms. The molecule has 0 aliphatic heterocycles. The molecule has 0 aromatic carbocycles. The average Bonchev–Trinajstić information content (AvgIpc) is 1.61. The Balaban J connectivity index is 2.68. The van der Waals surface area contributed by atoms with E-state index in [4.69, 9.17) is 0 Å². The molecule has 0 unspecified atom stereocenters. The first kappa shape index (κ1) is 7.08. The molecule has 0 N–H and O–H groups in total. The zero-order valence-corrected chi connectivity index (χ0v) is 5.38. The van der Waals surface area contributed by atoms with Crippen LogP contribution in [0.1, 0.15) is 19.8 Å². The molecule has 0 atom stereocenters. The van der Waals surface area contributed by atoms with Crippen LogP contribution in [0.15, 0.2) is 0 Å². The van der Waals surface area contributed by atoms with Crippen LogP contribution in [0.4, 0.5) is 8.22 Å². The van der Waals surface area contributed by atoms with E-state index in [0.717, 1.165) is 6.42 Å². The molecule has 0 rings (SSSR count). The number of hydrogen-bond acceptors (Lipinski definition) is 0. The normalized spacial score (nSPS) is 10.3. The Kier molecular flexibility index (Phi) is 4.29. The van der Waals surface area contributed by atoms with Crippen molar-refractivity contribution in [3.05, 3.63) is 0 Å². The summed E-state index contributed by atoms with van der Waals surface area (Å²) in [4.78, 5) is 0. The Morgan fingerprint density at radius 3 is 2.14 bits per heavy atom. The molecule has 0 aliphatic rings. The van der Waals surface area contributed by atoms with Gasteiger partial charge in [-0.15, -0.1) is 0 Å². The minimum Gasteiger partial charge on any atom is -0.268 e. The molecule has 0 spiro atoms. The van der Waals surface area contributed by atoms with Gasteiger partial charge in [0.15, 0.2) is 0 Å². The van der Waals surface area contributed by atoms with Crippen molar-refractivity contribution in [2.24, 2.45) is 0 Å². The third-order valence-corrected chi connectivity index (χ3v) is 1.45. The zero-order valence-electron chi connectivity index (χ0n) is 4.38. The number of halogens is 2. The molecule has 0 aromatic rings. The van der Waals surface area contributed by atoms with E-state index in [0.29, 0.717) is 6.42 Å². The molecule has 0 aliphatic carbocycles. The lowest BCUT2D eigenvalue weighted by molar-refractivity contribution is 0.639. The van der Waals surface area contributed by atoms with Crippen molar-refractivity contribution >= 4 is 9.46 Å². The van der Waals surface area contributed by atoms with Crippen molar-refractivity contribution in [3.63, 3.8) is 0 Å². The van der Waals surface area contributed by atoms with Gasteiger partial charge < -0.3 is 0 Å². The molecule has 0 fully saturated rings. The topological polar surface area (TPSA) is 0 Å². The first-order valence-corrected chi connectivity index (χ1v) is 3.90. The molecule has 0 nitrogen and oxygen atoms in total. The summed E-state index contributed by atoms with van der Waals surface area (Å²) in [6.45, 7) is 1.92. The van der Waals surface area contributed by atoms with Crippen LogP contribution >= 0.6 is 0 Å². The van der Waals surface area contributed by atoms with Crippen LogP contribution in [0.2, 0.25) is 6.04 Å². The highest BCUT2D eigenvalue weighted by Crippen LogP contribution is 2.01. The van der Waals surface area contributed by atoms with Gasteiger partial charge in [-0.2, -0.15) is 0 Å². The van der Waals surface area contributed by atoms with Gasteiger partial charge in [-0.05, 0) is 0 Å². The molecule has 43 valence electrons. The van der Waals surface area contributed by atoms with Crippen LogP contribution in [-0.2, 0) is 0 Å². The van der Waals surface area contributed by atoms with Crippen molar-refractivity contribution in [1.29, 1.82) is 0 Å². The van der Waals surface area contributed by atoms with Crippen LogP contribution in [0.3, 0.4) is 0 Å². The molecule has 0 heterocycles. The van der Waals surface area contributed by atoms with E-state index in [2.05, 4.69) is 0 Å². The minimum absolute atomic E-state index is 0.168. The summed E-state index contributed by atoms with van der Waals surface area (Å²) >= 11 is 0. The number of unbranched alkanes of at least 4 members (excludes halogenated alkanes) is 1. The molecule has 0 amide bonds. The van der Waals surface area contributed by atoms with Crippen LogP contribution in [0.25, 0.3) is 0 Å². The molecule has 1 radical (unpaired) electrons. The standard InChI is InChI=1S/C4H9F2Si/c1-2-3-4-7(5)6/h2-4H2,1H3. The van der Waals surface area contributed by atoms with Crippen LogP contribution in [0.5, 0.6) is 0 Å². The largest absolute Gasteiger partial charge is 0.476 e. The second-order valence-corrected chi connectivity index (χ2v) is 2.62. The fraction of sp³-hybridized carbons (Fsp3) is 1.00. The summed E-state index contributed by atoms with van der Waals surface area (Å²) in [6, 6.07) is 0.168. The van der Waals surface area contributed by atoms with Crippen molar-refractivity contribution < 1.29 is 8.22 Å². The third-order valence-electron chi connectivity index (χ3n) is 0.719.